The number of phenolic OH excluding ortho intramolecular Hbond substituents is 2. The smallest absolute Gasteiger partial charge is 0.306 e. The third-order valence-electron chi connectivity index (χ3n) is 4.43. The van der Waals surface area contributed by atoms with Crippen LogP contribution >= 0.6 is 0 Å². The molecule has 1 amide bonds. The summed E-state index contributed by atoms with van der Waals surface area (Å²) in [5.74, 6) is -1.62. The molecule has 162 valence electrons. The lowest BCUT2D eigenvalue weighted by molar-refractivity contribution is -0.287. The molecular formula is C18H25NO10. The molecule has 1 unspecified atom stereocenters. The minimum absolute atomic E-state index is 0.141. The van der Waals surface area contributed by atoms with E-state index in [1.165, 1.54) is 12.1 Å². The first-order valence-electron chi connectivity index (χ1n) is 9.00. The van der Waals surface area contributed by atoms with Gasteiger partial charge in [-0.15, -0.1) is 0 Å². The summed E-state index contributed by atoms with van der Waals surface area (Å²) in [6.07, 6.45) is -7.78. The van der Waals surface area contributed by atoms with Gasteiger partial charge in [-0.2, -0.15) is 0 Å². The number of nitrogens with one attached hydrogen (secondary N) is 1. The predicted octanol–water partition coefficient (Wildman–Crippen LogP) is -2.12. The number of benzene rings is 1. The van der Waals surface area contributed by atoms with Gasteiger partial charge in [0.05, 0.1) is 6.42 Å². The van der Waals surface area contributed by atoms with Crippen molar-refractivity contribution in [2.45, 2.75) is 50.0 Å². The van der Waals surface area contributed by atoms with E-state index in [0.717, 1.165) is 0 Å². The minimum atomic E-state index is -1.72. The average molecular weight is 415 g/mol. The van der Waals surface area contributed by atoms with Crippen LogP contribution in [0.4, 0.5) is 0 Å². The van der Waals surface area contributed by atoms with Crippen LogP contribution in [0.25, 0.3) is 0 Å². The molecule has 2 rings (SSSR count). The zero-order valence-corrected chi connectivity index (χ0v) is 15.5. The summed E-state index contributed by atoms with van der Waals surface area (Å²) < 4.78 is 9.75. The predicted molar refractivity (Wildman–Crippen MR) is 95.6 cm³/mol. The third-order valence-corrected chi connectivity index (χ3v) is 4.43. The molecule has 0 spiro atoms. The van der Waals surface area contributed by atoms with Gasteiger partial charge >= 0.3 is 5.97 Å². The molecule has 1 aliphatic heterocycles. The van der Waals surface area contributed by atoms with Crippen LogP contribution in [0.1, 0.15) is 18.4 Å². The van der Waals surface area contributed by atoms with E-state index in [1.807, 2.05) is 0 Å². The van der Waals surface area contributed by atoms with Crippen LogP contribution in [0, 0.1) is 0 Å². The maximum Gasteiger partial charge on any atom is 0.306 e. The first-order chi connectivity index (χ1) is 13.7. The number of carbonyl (C=O) groups excluding carboxylic acids is 2. The lowest BCUT2D eigenvalue weighted by atomic mass is 9.99. The molecule has 0 aromatic heterocycles. The fourth-order valence-corrected chi connectivity index (χ4v) is 2.69. The molecule has 1 heterocycles. The molecule has 0 bridgehead atoms. The van der Waals surface area contributed by atoms with Gasteiger partial charge in [0.2, 0.25) is 5.91 Å². The third kappa shape index (κ3) is 6.54. The van der Waals surface area contributed by atoms with Crippen LogP contribution < -0.4 is 5.32 Å². The van der Waals surface area contributed by atoms with Crippen molar-refractivity contribution in [1.82, 2.24) is 5.32 Å². The molecule has 11 nitrogen and oxygen atoms in total. The zero-order valence-electron chi connectivity index (χ0n) is 15.5. The van der Waals surface area contributed by atoms with Crippen LogP contribution in [0.15, 0.2) is 18.2 Å². The molecule has 29 heavy (non-hydrogen) atoms. The number of ether oxygens (including phenoxy) is 2. The van der Waals surface area contributed by atoms with Crippen LogP contribution in [0.5, 0.6) is 11.5 Å². The van der Waals surface area contributed by atoms with E-state index in [0.29, 0.717) is 12.0 Å². The second-order valence-corrected chi connectivity index (χ2v) is 6.64. The first kappa shape index (κ1) is 22.8. The van der Waals surface area contributed by atoms with Gasteiger partial charge in [-0.05, 0) is 24.1 Å². The number of rotatable bonds is 8. The van der Waals surface area contributed by atoms with E-state index in [4.69, 9.17) is 9.47 Å². The topological polar surface area (TPSA) is 186 Å². The zero-order chi connectivity index (χ0) is 21.6. The van der Waals surface area contributed by atoms with E-state index < -0.39 is 49.2 Å². The molecule has 0 saturated carbocycles. The second-order valence-electron chi connectivity index (χ2n) is 6.64. The van der Waals surface area contributed by atoms with Gasteiger partial charge in [0.15, 0.2) is 17.8 Å². The van der Waals surface area contributed by atoms with Crippen LogP contribution in [0.3, 0.4) is 0 Å². The van der Waals surface area contributed by atoms with Crippen molar-refractivity contribution in [1.29, 1.82) is 0 Å². The molecular weight excluding hydrogens is 390 g/mol. The van der Waals surface area contributed by atoms with Crippen molar-refractivity contribution in [3.8, 4) is 11.5 Å². The van der Waals surface area contributed by atoms with E-state index in [2.05, 4.69) is 5.32 Å². The SMILES string of the molecule is O=C(CCC(=O)OC[C@H]1OC(O)[C@H](O)[C@@H](O)[C@@H]1O)NCCc1ccc(O)c(O)c1. The van der Waals surface area contributed by atoms with Crippen molar-refractivity contribution < 1.29 is 49.7 Å². The number of esters is 1. The van der Waals surface area contributed by atoms with Crippen LogP contribution in [0.2, 0.25) is 0 Å². The maximum atomic E-state index is 11.8. The number of aliphatic hydroxyl groups is 4. The first-order valence-corrected chi connectivity index (χ1v) is 9.00. The number of hydrogen-bond donors (Lipinski definition) is 7. The molecule has 7 N–H and O–H groups in total. The fraction of sp³-hybridized carbons (Fsp3) is 0.556. The highest BCUT2D eigenvalue weighted by atomic mass is 16.6. The maximum absolute atomic E-state index is 11.8. The average Bonchev–Trinajstić information content (AvgIpc) is 2.69. The number of aromatic hydroxyl groups is 2. The van der Waals surface area contributed by atoms with Gasteiger partial charge in [0, 0.05) is 13.0 Å². The van der Waals surface area contributed by atoms with Crippen LogP contribution in [-0.4, -0.2) is 86.4 Å². The van der Waals surface area contributed by atoms with Crippen molar-refractivity contribution in [3.63, 3.8) is 0 Å². The summed E-state index contributed by atoms with van der Waals surface area (Å²) in [5, 5.41) is 59.3. The Bertz CT molecular complexity index is 712. The van der Waals surface area contributed by atoms with E-state index in [-0.39, 0.29) is 30.9 Å². The summed E-state index contributed by atoms with van der Waals surface area (Å²) in [5.41, 5.74) is 0.709. The molecule has 5 atom stereocenters. The van der Waals surface area contributed by atoms with Gasteiger partial charge < -0.3 is 45.4 Å². The molecule has 1 saturated heterocycles. The Hall–Kier alpha value is -2.44. The summed E-state index contributed by atoms with van der Waals surface area (Å²) in [7, 11) is 0. The summed E-state index contributed by atoms with van der Waals surface area (Å²) >= 11 is 0. The largest absolute Gasteiger partial charge is 0.504 e. The van der Waals surface area contributed by atoms with E-state index in [1.54, 1.807) is 6.07 Å². The molecule has 1 aromatic carbocycles. The number of aliphatic hydroxyl groups excluding tert-OH is 4. The lowest BCUT2D eigenvalue weighted by Crippen LogP contribution is -2.58. The number of phenols is 2. The Morgan fingerprint density at radius 1 is 1.00 bits per heavy atom. The van der Waals surface area contributed by atoms with Gasteiger partial charge in [0.25, 0.3) is 0 Å². The molecule has 1 fully saturated rings. The molecule has 11 heteroatoms. The molecule has 0 aliphatic carbocycles. The molecule has 1 aliphatic rings. The Morgan fingerprint density at radius 3 is 2.41 bits per heavy atom. The summed E-state index contributed by atoms with van der Waals surface area (Å²) in [6, 6.07) is 4.33. The number of amides is 1. The Morgan fingerprint density at radius 2 is 1.72 bits per heavy atom. The lowest BCUT2D eigenvalue weighted by Gasteiger charge is -2.37. The quantitative estimate of drug-likeness (QED) is 0.183. The van der Waals surface area contributed by atoms with Crippen LogP contribution in [-0.2, 0) is 25.5 Å². The number of carbonyl (C=O) groups is 2. The van der Waals surface area contributed by atoms with Crippen molar-refractivity contribution >= 4 is 11.9 Å². The van der Waals surface area contributed by atoms with Gasteiger partial charge in [-0.25, -0.2) is 0 Å². The van der Waals surface area contributed by atoms with E-state index in [9.17, 15) is 40.2 Å². The highest BCUT2D eigenvalue weighted by Gasteiger charge is 2.43. The van der Waals surface area contributed by atoms with Crippen molar-refractivity contribution in [2.24, 2.45) is 0 Å². The highest BCUT2D eigenvalue weighted by Crippen LogP contribution is 2.24. The molecule has 0 radical (unpaired) electrons. The minimum Gasteiger partial charge on any atom is -0.504 e. The molecule has 1 aromatic rings. The van der Waals surface area contributed by atoms with Crippen molar-refractivity contribution in [2.75, 3.05) is 13.2 Å². The monoisotopic (exact) mass is 415 g/mol. The van der Waals surface area contributed by atoms with Gasteiger partial charge in [0.1, 0.15) is 31.0 Å². The van der Waals surface area contributed by atoms with Crippen molar-refractivity contribution in [3.05, 3.63) is 23.8 Å². The van der Waals surface area contributed by atoms with Gasteiger partial charge in [-0.3, -0.25) is 9.59 Å². The fourth-order valence-electron chi connectivity index (χ4n) is 2.69. The highest BCUT2D eigenvalue weighted by molar-refractivity contribution is 5.81. The summed E-state index contributed by atoms with van der Waals surface area (Å²) in [4.78, 5) is 23.5. The Kier molecular flexibility index (Phi) is 8.17. The Labute approximate surface area is 166 Å². The Balaban J connectivity index is 1.64. The normalized spacial score (nSPS) is 26.7. The van der Waals surface area contributed by atoms with Gasteiger partial charge in [-0.1, -0.05) is 6.07 Å². The number of hydrogen-bond acceptors (Lipinski definition) is 10. The standard InChI is InChI=1S/C18H25NO10/c20-10-2-1-9(7-11(10)21)5-6-19-13(22)3-4-14(23)28-8-12-15(24)16(25)17(26)18(27)29-12/h1-2,7,12,15-18,20-21,24-27H,3-6,8H2,(H,19,22)/t12-,15-,16+,17-,18?/m1/s1. The summed E-state index contributed by atoms with van der Waals surface area (Å²) in [6.45, 7) is -0.203. The second kappa shape index (κ2) is 10.4. The van der Waals surface area contributed by atoms with E-state index >= 15 is 0 Å².